The molecule has 3 rings (SSSR count). The number of halogens is 1. The highest BCUT2D eigenvalue weighted by Crippen LogP contribution is 2.27. The van der Waals surface area contributed by atoms with Crippen molar-refractivity contribution < 1.29 is 30.2 Å². The second-order valence-corrected chi connectivity index (χ2v) is 6.45. The SMILES string of the molecule is O=C1NS(=O)(=O)c2ccccc2C2=[N+]1CCS2.[Cl-]. The zero-order valence-corrected chi connectivity index (χ0v) is 11.5. The Bertz CT molecular complexity index is 655. The zero-order valence-electron chi connectivity index (χ0n) is 9.09. The number of amides is 2. The molecule has 0 aromatic heterocycles. The van der Waals surface area contributed by atoms with Crippen LogP contribution < -0.4 is 17.1 Å². The smallest absolute Gasteiger partial charge is 0.507 e. The maximum absolute atomic E-state index is 12.0. The quantitative estimate of drug-likeness (QED) is 0.543. The molecular formula is C10H9ClN2O3S2. The summed E-state index contributed by atoms with van der Waals surface area (Å²) in [4.78, 5) is 11.9. The van der Waals surface area contributed by atoms with Crippen LogP contribution in [0, 0.1) is 0 Å². The van der Waals surface area contributed by atoms with Gasteiger partial charge in [0.2, 0.25) is 0 Å². The van der Waals surface area contributed by atoms with Crippen LogP contribution in [0.25, 0.3) is 0 Å². The number of sulfonamides is 1. The molecule has 96 valence electrons. The summed E-state index contributed by atoms with van der Waals surface area (Å²) in [5, 5.41) is 0.721. The van der Waals surface area contributed by atoms with Crippen molar-refractivity contribution in [3.63, 3.8) is 0 Å². The lowest BCUT2D eigenvalue weighted by atomic mass is 10.2. The van der Waals surface area contributed by atoms with Crippen LogP contribution in [0.5, 0.6) is 0 Å². The second-order valence-electron chi connectivity index (χ2n) is 3.71. The highest BCUT2D eigenvalue weighted by Gasteiger charge is 2.39. The van der Waals surface area contributed by atoms with E-state index in [1.54, 1.807) is 18.2 Å². The Morgan fingerprint density at radius 3 is 2.78 bits per heavy atom. The maximum Gasteiger partial charge on any atom is 0.507 e. The lowest BCUT2D eigenvalue weighted by Gasteiger charge is -2.02. The minimum atomic E-state index is -3.75. The number of nitrogens with zero attached hydrogens (tertiary/aromatic N) is 1. The number of nitrogens with one attached hydrogen (secondary N) is 1. The molecule has 2 heterocycles. The third-order valence-corrected chi connectivity index (χ3v) is 5.15. The number of benzene rings is 1. The first kappa shape index (κ1) is 13.4. The summed E-state index contributed by atoms with van der Waals surface area (Å²) in [6.45, 7) is 0.537. The van der Waals surface area contributed by atoms with Crippen LogP contribution in [0.3, 0.4) is 0 Å². The van der Waals surface area contributed by atoms with Crippen LogP contribution >= 0.6 is 11.8 Å². The Kier molecular flexibility index (Phi) is 3.39. The van der Waals surface area contributed by atoms with Crippen LogP contribution in [0.2, 0.25) is 0 Å². The maximum atomic E-state index is 12.0. The van der Waals surface area contributed by atoms with E-state index in [0.29, 0.717) is 12.1 Å². The van der Waals surface area contributed by atoms with Crippen molar-refractivity contribution in [3.05, 3.63) is 29.8 Å². The summed E-state index contributed by atoms with van der Waals surface area (Å²) in [6, 6.07) is 6.10. The van der Waals surface area contributed by atoms with Gasteiger partial charge in [-0.05, 0) is 12.1 Å². The van der Waals surface area contributed by atoms with E-state index in [-0.39, 0.29) is 17.3 Å². The fourth-order valence-corrected chi connectivity index (χ4v) is 4.29. The molecule has 0 saturated heterocycles. The number of rotatable bonds is 0. The molecule has 0 fully saturated rings. The van der Waals surface area contributed by atoms with Gasteiger partial charge in [0.05, 0.1) is 5.56 Å². The highest BCUT2D eigenvalue weighted by molar-refractivity contribution is 8.14. The average Bonchev–Trinajstić information content (AvgIpc) is 2.74. The molecule has 1 N–H and O–H groups in total. The first-order valence-corrected chi connectivity index (χ1v) is 7.50. The van der Waals surface area contributed by atoms with Gasteiger partial charge >= 0.3 is 16.1 Å². The van der Waals surface area contributed by atoms with Crippen molar-refractivity contribution in [2.24, 2.45) is 0 Å². The van der Waals surface area contributed by atoms with Gasteiger partial charge in [-0.1, -0.05) is 23.9 Å². The van der Waals surface area contributed by atoms with Crippen LogP contribution in [-0.2, 0) is 10.0 Å². The van der Waals surface area contributed by atoms with Crippen LogP contribution in [0.15, 0.2) is 29.2 Å². The van der Waals surface area contributed by atoms with E-state index >= 15 is 0 Å². The third kappa shape index (κ3) is 1.92. The first-order chi connectivity index (χ1) is 8.09. The molecule has 5 nitrogen and oxygen atoms in total. The molecule has 0 unspecified atom stereocenters. The predicted octanol–water partition coefficient (Wildman–Crippen LogP) is -2.39. The average molecular weight is 305 g/mol. The number of fused-ring (bicyclic) bond motifs is 2. The van der Waals surface area contributed by atoms with Gasteiger partial charge in [-0.15, -0.1) is 4.72 Å². The van der Waals surface area contributed by atoms with E-state index in [4.69, 9.17) is 0 Å². The lowest BCUT2D eigenvalue weighted by molar-refractivity contribution is -0.414. The van der Waals surface area contributed by atoms with E-state index < -0.39 is 16.1 Å². The Hall–Kier alpha value is -1.05. The standard InChI is InChI=1S/C10H8N2O3S2.ClH/c13-10-11-17(14,15)8-4-2-1-3-7(8)9-12(10)5-6-16-9;/h1-4H,5-6H2;1H. The van der Waals surface area contributed by atoms with Gasteiger partial charge in [-0.2, -0.15) is 17.8 Å². The van der Waals surface area contributed by atoms with Gasteiger partial charge in [0, 0.05) is 5.75 Å². The van der Waals surface area contributed by atoms with Crippen molar-refractivity contribution in [2.45, 2.75) is 4.90 Å². The van der Waals surface area contributed by atoms with E-state index in [1.807, 2.05) is 0 Å². The van der Waals surface area contributed by atoms with Gasteiger partial charge < -0.3 is 12.4 Å². The molecule has 0 aliphatic carbocycles. The van der Waals surface area contributed by atoms with Gasteiger partial charge in [0.1, 0.15) is 11.4 Å². The Morgan fingerprint density at radius 2 is 2.00 bits per heavy atom. The molecule has 0 spiro atoms. The van der Waals surface area contributed by atoms with Gasteiger partial charge in [0.15, 0.2) is 5.04 Å². The normalized spacial score (nSPS) is 20.3. The molecule has 8 heteroatoms. The van der Waals surface area contributed by atoms with E-state index in [0.717, 1.165) is 10.8 Å². The molecule has 18 heavy (non-hydrogen) atoms. The van der Waals surface area contributed by atoms with E-state index in [9.17, 15) is 13.2 Å². The van der Waals surface area contributed by atoms with Crippen LogP contribution in [0.4, 0.5) is 4.79 Å². The molecule has 0 radical (unpaired) electrons. The van der Waals surface area contributed by atoms with E-state index in [1.165, 1.54) is 22.4 Å². The largest absolute Gasteiger partial charge is 1.00 e. The Morgan fingerprint density at radius 1 is 1.28 bits per heavy atom. The number of urea groups is 1. The molecule has 2 aliphatic heterocycles. The molecule has 1 aromatic carbocycles. The van der Waals surface area contributed by atoms with Crippen molar-refractivity contribution in [3.8, 4) is 0 Å². The summed E-state index contributed by atoms with van der Waals surface area (Å²) in [5.41, 5.74) is 0.605. The van der Waals surface area contributed by atoms with Crippen molar-refractivity contribution in [1.82, 2.24) is 4.72 Å². The number of thioether (sulfide) groups is 1. The summed E-state index contributed by atoms with van der Waals surface area (Å²) < 4.78 is 27.5. The number of carbonyl (C=O) groups excluding carboxylic acids is 1. The van der Waals surface area contributed by atoms with Crippen molar-refractivity contribution >= 4 is 32.9 Å². The number of hydrogen-bond acceptors (Lipinski definition) is 4. The molecule has 0 bridgehead atoms. The topological polar surface area (TPSA) is 66.2 Å². The summed E-state index contributed by atoms with van der Waals surface area (Å²) in [6.07, 6.45) is 0. The fraction of sp³-hybridized carbons (Fsp3) is 0.200. The second kappa shape index (κ2) is 4.56. The molecule has 1 aromatic rings. The Balaban J connectivity index is 0.00000120. The van der Waals surface area contributed by atoms with Crippen LogP contribution in [0.1, 0.15) is 5.56 Å². The molecule has 2 aliphatic rings. The van der Waals surface area contributed by atoms with E-state index in [2.05, 4.69) is 4.72 Å². The van der Waals surface area contributed by atoms with Gasteiger partial charge in [-0.25, -0.2) is 0 Å². The monoisotopic (exact) mass is 304 g/mol. The highest BCUT2D eigenvalue weighted by atomic mass is 35.5. The summed E-state index contributed by atoms with van der Waals surface area (Å²) in [5.74, 6) is 0.789. The van der Waals surface area contributed by atoms with Crippen molar-refractivity contribution in [1.29, 1.82) is 0 Å². The first-order valence-electron chi connectivity index (χ1n) is 5.03. The fourth-order valence-electron chi connectivity index (χ4n) is 1.93. The summed E-state index contributed by atoms with van der Waals surface area (Å²) in [7, 11) is -3.75. The summed E-state index contributed by atoms with van der Waals surface area (Å²) >= 11 is 1.50. The lowest BCUT2D eigenvalue weighted by Crippen LogP contribution is -3.00. The minimum absolute atomic E-state index is 0. The minimum Gasteiger partial charge on any atom is -1.00 e. The predicted molar refractivity (Wildman–Crippen MR) is 63.9 cm³/mol. The molecule has 2 amide bonds. The third-order valence-electron chi connectivity index (χ3n) is 2.67. The zero-order chi connectivity index (χ0) is 12.0. The van der Waals surface area contributed by atoms with Gasteiger partial charge in [0.25, 0.3) is 0 Å². The van der Waals surface area contributed by atoms with Crippen molar-refractivity contribution in [2.75, 3.05) is 12.3 Å². The number of hydrogen-bond donors (Lipinski definition) is 1. The molecular weight excluding hydrogens is 296 g/mol. The van der Waals surface area contributed by atoms with Crippen LogP contribution in [-0.4, -0.2) is 36.4 Å². The van der Waals surface area contributed by atoms with Gasteiger partial charge in [-0.3, -0.25) is 0 Å². The molecule has 0 atom stereocenters. The Labute approximate surface area is 115 Å². The number of carbonyl (C=O) groups is 1. The molecule has 0 saturated carbocycles.